The lowest BCUT2D eigenvalue weighted by Gasteiger charge is -2.14. The number of rotatable bonds is 5. The molecule has 2 aromatic rings. The van der Waals surface area contributed by atoms with Crippen LogP contribution in [0.1, 0.15) is 16.1 Å². The van der Waals surface area contributed by atoms with Gasteiger partial charge in [-0.2, -0.15) is 9.40 Å². The molecule has 0 aromatic carbocycles. The van der Waals surface area contributed by atoms with Crippen LogP contribution >= 0.6 is 0 Å². The first kappa shape index (κ1) is 13.3. The normalized spacial score (nSPS) is 11.9. The fourth-order valence-corrected chi connectivity index (χ4v) is 2.69. The van der Waals surface area contributed by atoms with Crippen LogP contribution in [0, 0.1) is 0 Å². The van der Waals surface area contributed by atoms with Crippen LogP contribution < -0.4 is 0 Å². The van der Waals surface area contributed by atoms with Crippen molar-refractivity contribution in [2.75, 3.05) is 7.05 Å². The Morgan fingerprint density at radius 3 is 2.74 bits per heavy atom. The highest BCUT2D eigenvalue weighted by molar-refractivity contribution is 7.89. The second-order valence-corrected chi connectivity index (χ2v) is 5.97. The van der Waals surface area contributed by atoms with E-state index < -0.39 is 16.0 Å². The van der Waals surface area contributed by atoms with Crippen molar-refractivity contribution in [1.82, 2.24) is 19.5 Å². The van der Waals surface area contributed by atoms with Crippen LogP contribution in [-0.4, -0.2) is 46.0 Å². The standard InChI is InChI=1S/C10H12N4O4S/c1-14(6-7-3-12-13-4-7)19(17,18)8-2-9(10(15)16)11-5-8/h2-5,11H,6H2,1H3,(H,12,13)(H,15,16). The highest BCUT2D eigenvalue weighted by Crippen LogP contribution is 2.17. The summed E-state index contributed by atoms with van der Waals surface area (Å²) < 4.78 is 25.5. The molecule has 19 heavy (non-hydrogen) atoms. The third-order valence-corrected chi connectivity index (χ3v) is 4.34. The Labute approximate surface area is 109 Å². The first-order valence-electron chi connectivity index (χ1n) is 5.27. The summed E-state index contributed by atoms with van der Waals surface area (Å²) in [7, 11) is -2.32. The average molecular weight is 284 g/mol. The summed E-state index contributed by atoms with van der Waals surface area (Å²) in [5, 5.41) is 15.1. The lowest BCUT2D eigenvalue weighted by molar-refractivity contribution is 0.0691. The molecule has 2 rings (SSSR count). The Balaban J connectivity index is 2.23. The molecule has 0 aliphatic heterocycles. The van der Waals surface area contributed by atoms with Crippen molar-refractivity contribution < 1.29 is 18.3 Å². The zero-order valence-corrected chi connectivity index (χ0v) is 10.8. The molecule has 102 valence electrons. The van der Waals surface area contributed by atoms with Gasteiger partial charge in [-0.1, -0.05) is 0 Å². The quantitative estimate of drug-likeness (QED) is 0.727. The third-order valence-electron chi connectivity index (χ3n) is 2.56. The van der Waals surface area contributed by atoms with E-state index in [2.05, 4.69) is 15.2 Å². The number of aromatic nitrogens is 3. The van der Waals surface area contributed by atoms with Crippen molar-refractivity contribution in [2.45, 2.75) is 11.4 Å². The predicted molar refractivity (Wildman–Crippen MR) is 65.0 cm³/mol. The van der Waals surface area contributed by atoms with Gasteiger partial charge in [-0.15, -0.1) is 0 Å². The molecule has 8 nitrogen and oxygen atoms in total. The van der Waals surface area contributed by atoms with Gasteiger partial charge in [0, 0.05) is 31.5 Å². The number of nitrogens with one attached hydrogen (secondary N) is 2. The van der Waals surface area contributed by atoms with Crippen LogP contribution in [0.4, 0.5) is 0 Å². The van der Waals surface area contributed by atoms with Crippen molar-refractivity contribution in [3.8, 4) is 0 Å². The molecule has 0 radical (unpaired) electrons. The first-order chi connectivity index (χ1) is 8.91. The van der Waals surface area contributed by atoms with E-state index >= 15 is 0 Å². The smallest absolute Gasteiger partial charge is 0.352 e. The summed E-state index contributed by atoms with van der Waals surface area (Å²) in [6.07, 6.45) is 4.27. The molecule has 0 aliphatic rings. The molecule has 0 atom stereocenters. The molecule has 0 aliphatic carbocycles. The Bertz CT molecular complexity index is 674. The molecule has 0 saturated carbocycles. The maximum absolute atomic E-state index is 12.2. The van der Waals surface area contributed by atoms with Gasteiger partial charge in [0.25, 0.3) is 0 Å². The van der Waals surface area contributed by atoms with Crippen LogP contribution in [0.15, 0.2) is 29.6 Å². The van der Waals surface area contributed by atoms with Crippen molar-refractivity contribution in [3.63, 3.8) is 0 Å². The summed E-state index contributed by atoms with van der Waals surface area (Å²) in [5.74, 6) is -1.21. The van der Waals surface area contributed by atoms with E-state index in [1.165, 1.54) is 13.2 Å². The number of nitrogens with zero attached hydrogens (tertiary/aromatic N) is 2. The molecule has 0 unspecified atom stereocenters. The second kappa shape index (κ2) is 4.86. The highest BCUT2D eigenvalue weighted by Gasteiger charge is 2.23. The van der Waals surface area contributed by atoms with E-state index in [0.29, 0.717) is 5.56 Å². The average Bonchev–Trinajstić information content (AvgIpc) is 2.99. The van der Waals surface area contributed by atoms with E-state index in [4.69, 9.17) is 5.11 Å². The van der Waals surface area contributed by atoms with Crippen molar-refractivity contribution in [1.29, 1.82) is 0 Å². The number of aromatic amines is 2. The van der Waals surface area contributed by atoms with Gasteiger partial charge >= 0.3 is 5.97 Å². The molecule has 3 N–H and O–H groups in total. The fourth-order valence-electron chi connectivity index (χ4n) is 1.53. The minimum atomic E-state index is -3.73. The second-order valence-electron chi connectivity index (χ2n) is 3.92. The SMILES string of the molecule is CN(Cc1cn[nH]c1)S(=O)(=O)c1c[nH]c(C(=O)O)c1. The number of aromatic carboxylic acids is 1. The minimum absolute atomic E-state index is 0.0871. The predicted octanol–water partition coefficient (Wildman–Crippen LogP) is 0.257. The molecule has 0 bridgehead atoms. The van der Waals surface area contributed by atoms with Crippen LogP contribution in [-0.2, 0) is 16.6 Å². The number of carboxylic acids is 1. The number of carboxylic acid groups (broad SMARTS) is 1. The summed E-state index contributed by atoms with van der Waals surface area (Å²) in [5.41, 5.74) is 0.537. The number of hydrogen-bond acceptors (Lipinski definition) is 4. The molecule has 0 fully saturated rings. The number of sulfonamides is 1. The zero-order valence-electron chi connectivity index (χ0n) is 9.99. The van der Waals surface area contributed by atoms with Crippen molar-refractivity contribution in [3.05, 3.63) is 35.9 Å². The van der Waals surface area contributed by atoms with E-state index in [1.807, 2.05) is 0 Å². The summed E-state index contributed by atoms with van der Waals surface area (Å²) in [4.78, 5) is 13.0. The van der Waals surface area contributed by atoms with Gasteiger partial charge in [0.15, 0.2) is 0 Å². The molecular weight excluding hydrogens is 272 g/mol. The van der Waals surface area contributed by atoms with Crippen LogP contribution in [0.5, 0.6) is 0 Å². The van der Waals surface area contributed by atoms with E-state index in [-0.39, 0.29) is 17.1 Å². The Kier molecular flexibility index (Phi) is 3.40. The van der Waals surface area contributed by atoms with Gasteiger partial charge in [0.05, 0.1) is 6.20 Å². The Morgan fingerprint density at radius 1 is 1.47 bits per heavy atom. The monoisotopic (exact) mass is 284 g/mol. The Hall–Kier alpha value is -2.13. The van der Waals surface area contributed by atoms with Gasteiger partial charge < -0.3 is 10.1 Å². The lowest BCUT2D eigenvalue weighted by atomic mass is 10.4. The fraction of sp³-hybridized carbons (Fsp3) is 0.200. The molecule has 0 saturated heterocycles. The molecule has 9 heteroatoms. The summed E-state index contributed by atoms with van der Waals surface area (Å²) >= 11 is 0. The zero-order chi connectivity index (χ0) is 14.0. The van der Waals surface area contributed by atoms with E-state index in [9.17, 15) is 13.2 Å². The van der Waals surface area contributed by atoms with Gasteiger partial charge in [-0.25, -0.2) is 13.2 Å². The number of hydrogen-bond donors (Lipinski definition) is 3. The minimum Gasteiger partial charge on any atom is -0.477 e. The largest absolute Gasteiger partial charge is 0.477 e. The third kappa shape index (κ3) is 2.66. The molecular formula is C10H12N4O4S. The maximum Gasteiger partial charge on any atom is 0.352 e. The lowest BCUT2D eigenvalue weighted by Crippen LogP contribution is -2.26. The molecule has 2 heterocycles. The topological polar surface area (TPSA) is 119 Å². The molecule has 0 amide bonds. The molecule has 0 spiro atoms. The van der Waals surface area contributed by atoms with Gasteiger partial charge in [-0.05, 0) is 6.07 Å². The first-order valence-corrected chi connectivity index (χ1v) is 6.71. The van der Waals surface area contributed by atoms with E-state index in [1.54, 1.807) is 6.20 Å². The van der Waals surface area contributed by atoms with Crippen LogP contribution in [0.2, 0.25) is 0 Å². The maximum atomic E-state index is 12.2. The summed E-state index contributed by atoms with van der Waals surface area (Å²) in [6.45, 7) is 0.145. The van der Waals surface area contributed by atoms with Gasteiger partial charge in [0.2, 0.25) is 10.0 Å². The Morgan fingerprint density at radius 2 is 2.21 bits per heavy atom. The van der Waals surface area contributed by atoms with E-state index in [0.717, 1.165) is 16.6 Å². The van der Waals surface area contributed by atoms with Crippen LogP contribution in [0.3, 0.4) is 0 Å². The highest BCUT2D eigenvalue weighted by atomic mass is 32.2. The van der Waals surface area contributed by atoms with Crippen molar-refractivity contribution in [2.24, 2.45) is 0 Å². The summed E-state index contributed by atoms with van der Waals surface area (Å²) in [6, 6.07) is 1.09. The van der Waals surface area contributed by atoms with Crippen LogP contribution in [0.25, 0.3) is 0 Å². The molecule has 2 aromatic heterocycles. The number of carbonyl (C=O) groups is 1. The van der Waals surface area contributed by atoms with Gasteiger partial charge in [-0.3, -0.25) is 5.10 Å². The van der Waals surface area contributed by atoms with Crippen molar-refractivity contribution >= 4 is 16.0 Å². The number of H-pyrrole nitrogens is 2. The van der Waals surface area contributed by atoms with Gasteiger partial charge in [0.1, 0.15) is 10.6 Å².